The molecule has 7 nitrogen and oxygen atoms in total. The Hall–Kier alpha value is -1.64. The van der Waals surface area contributed by atoms with E-state index in [9.17, 15) is 13.2 Å². The molecule has 100 valence electrons. The van der Waals surface area contributed by atoms with Crippen molar-refractivity contribution in [1.29, 1.82) is 0 Å². The Morgan fingerprint density at radius 3 is 2.61 bits per heavy atom. The van der Waals surface area contributed by atoms with Crippen LogP contribution < -0.4 is 20.7 Å². The average Bonchev–Trinajstić information content (AvgIpc) is 2.31. The quantitative estimate of drug-likeness (QED) is 0.524. The third kappa shape index (κ3) is 3.42. The number of hydrogen-bond donors (Lipinski definition) is 3. The number of nitrogens with one attached hydrogen (secondary N) is 2. The van der Waals surface area contributed by atoms with Gasteiger partial charge in [-0.25, -0.2) is 8.42 Å². The van der Waals surface area contributed by atoms with Gasteiger partial charge in [-0.05, 0) is 25.1 Å². The molecule has 0 bridgehead atoms. The summed E-state index contributed by atoms with van der Waals surface area (Å²) < 4.78 is 28.3. The van der Waals surface area contributed by atoms with Crippen LogP contribution in [0.4, 0.5) is 5.69 Å². The van der Waals surface area contributed by atoms with Gasteiger partial charge in [0.2, 0.25) is 5.91 Å². The number of rotatable bonds is 5. The Morgan fingerprint density at radius 2 is 2.11 bits per heavy atom. The van der Waals surface area contributed by atoms with Crippen molar-refractivity contribution in [2.24, 2.45) is 5.84 Å². The van der Waals surface area contributed by atoms with E-state index in [4.69, 9.17) is 10.6 Å². The van der Waals surface area contributed by atoms with Crippen LogP contribution in [0.3, 0.4) is 0 Å². The Labute approximate surface area is 105 Å². The van der Waals surface area contributed by atoms with Crippen LogP contribution in [-0.2, 0) is 14.8 Å². The van der Waals surface area contributed by atoms with E-state index >= 15 is 0 Å². The second kappa shape index (κ2) is 5.80. The molecule has 4 N–H and O–H groups in total. The molecular formula is C10H15N3O4S. The van der Waals surface area contributed by atoms with Gasteiger partial charge in [-0.2, -0.15) is 4.83 Å². The molecular weight excluding hydrogens is 258 g/mol. The number of ether oxygens (including phenoxy) is 1. The molecule has 1 aromatic rings. The highest BCUT2D eigenvalue weighted by atomic mass is 32.2. The molecule has 8 heteroatoms. The van der Waals surface area contributed by atoms with E-state index < -0.39 is 10.0 Å². The monoisotopic (exact) mass is 273 g/mol. The van der Waals surface area contributed by atoms with E-state index in [0.717, 1.165) is 0 Å². The van der Waals surface area contributed by atoms with Crippen LogP contribution in [0.25, 0.3) is 0 Å². The molecule has 0 aromatic heterocycles. The van der Waals surface area contributed by atoms with E-state index in [0.29, 0.717) is 12.4 Å². The van der Waals surface area contributed by atoms with Gasteiger partial charge in [0.05, 0.1) is 17.2 Å². The number of carbonyl (C=O) groups excluding carboxylic acids is 1. The summed E-state index contributed by atoms with van der Waals surface area (Å²) in [6.45, 7) is 3.50. The molecule has 0 aliphatic heterocycles. The number of sulfonamides is 1. The fraction of sp³-hybridized carbons (Fsp3) is 0.300. The molecule has 1 aromatic carbocycles. The van der Waals surface area contributed by atoms with Crippen LogP contribution in [0.5, 0.6) is 5.75 Å². The van der Waals surface area contributed by atoms with Gasteiger partial charge in [0, 0.05) is 6.92 Å². The van der Waals surface area contributed by atoms with Crippen LogP contribution >= 0.6 is 0 Å². The number of hydrazine groups is 1. The highest BCUT2D eigenvalue weighted by Crippen LogP contribution is 2.27. The second-order valence-corrected chi connectivity index (χ2v) is 5.11. The lowest BCUT2D eigenvalue weighted by Crippen LogP contribution is -2.30. The number of anilines is 1. The minimum atomic E-state index is -3.77. The predicted octanol–water partition coefficient (Wildman–Crippen LogP) is 0.196. The molecule has 0 fully saturated rings. The Balaban J connectivity index is 3.24. The molecule has 1 amide bonds. The number of amides is 1. The maximum absolute atomic E-state index is 11.5. The van der Waals surface area contributed by atoms with Crippen molar-refractivity contribution in [2.45, 2.75) is 18.7 Å². The number of benzene rings is 1. The first-order chi connectivity index (χ1) is 8.40. The van der Waals surface area contributed by atoms with Gasteiger partial charge < -0.3 is 10.1 Å². The molecule has 18 heavy (non-hydrogen) atoms. The number of hydrogen-bond acceptors (Lipinski definition) is 5. The summed E-state index contributed by atoms with van der Waals surface area (Å²) >= 11 is 0. The van der Waals surface area contributed by atoms with E-state index in [1.807, 2.05) is 0 Å². The third-order valence-corrected chi connectivity index (χ3v) is 3.21. The normalized spacial score (nSPS) is 11.1. The summed E-state index contributed by atoms with van der Waals surface area (Å²) in [5.41, 5.74) is 0.278. The van der Waals surface area contributed by atoms with Gasteiger partial charge in [0.25, 0.3) is 10.0 Å². The van der Waals surface area contributed by atoms with Gasteiger partial charge in [-0.15, -0.1) is 0 Å². The highest BCUT2D eigenvalue weighted by molar-refractivity contribution is 7.89. The molecule has 0 unspecified atom stereocenters. The zero-order chi connectivity index (χ0) is 13.8. The van der Waals surface area contributed by atoms with Crippen LogP contribution in [0.15, 0.2) is 23.1 Å². The van der Waals surface area contributed by atoms with Crippen LogP contribution in [0.2, 0.25) is 0 Å². The van der Waals surface area contributed by atoms with Crippen LogP contribution in [-0.4, -0.2) is 20.9 Å². The molecule has 0 aliphatic carbocycles. The number of nitrogens with two attached hydrogens (primary N) is 1. The SMILES string of the molecule is CCOc1ccc(S(=O)(=O)NN)cc1NC(C)=O. The van der Waals surface area contributed by atoms with Gasteiger partial charge in [0.1, 0.15) is 5.75 Å². The standard InChI is InChI=1S/C10H15N3O4S/c1-3-17-10-5-4-8(18(15,16)13-11)6-9(10)12-7(2)14/h4-6,13H,3,11H2,1-2H3,(H,12,14). The van der Waals surface area contributed by atoms with Crippen molar-refractivity contribution in [2.75, 3.05) is 11.9 Å². The Morgan fingerprint density at radius 1 is 1.44 bits per heavy atom. The molecule has 0 atom stereocenters. The summed E-state index contributed by atoms with van der Waals surface area (Å²) in [7, 11) is -3.77. The maximum atomic E-state index is 11.5. The van der Waals surface area contributed by atoms with E-state index in [1.165, 1.54) is 25.1 Å². The van der Waals surface area contributed by atoms with Gasteiger partial charge in [-0.1, -0.05) is 0 Å². The number of carbonyl (C=O) groups is 1. The van der Waals surface area contributed by atoms with Crippen molar-refractivity contribution >= 4 is 21.6 Å². The van der Waals surface area contributed by atoms with E-state index in [-0.39, 0.29) is 16.5 Å². The van der Waals surface area contributed by atoms with Crippen molar-refractivity contribution < 1.29 is 17.9 Å². The molecule has 0 radical (unpaired) electrons. The third-order valence-electron chi connectivity index (χ3n) is 2.03. The van der Waals surface area contributed by atoms with Crippen molar-refractivity contribution in [3.63, 3.8) is 0 Å². The zero-order valence-corrected chi connectivity index (χ0v) is 10.9. The first-order valence-electron chi connectivity index (χ1n) is 5.17. The lowest BCUT2D eigenvalue weighted by molar-refractivity contribution is -0.114. The van der Waals surface area contributed by atoms with Gasteiger partial charge in [0.15, 0.2) is 0 Å². The molecule has 0 spiro atoms. The van der Waals surface area contributed by atoms with Crippen molar-refractivity contribution in [1.82, 2.24) is 4.83 Å². The molecule has 0 saturated carbocycles. The Kier molecular flexibility index (Phi) is 4.65. The summed E-state index contributed by atoms with van der Waals surface area (Å²) in [4.78, 5) is 12.7. The lowest BCUT2D eigenvalue weighted by Gasteiger charge is -2.12. The molecule has 0 aliphatic rings. The van der Waals surface area contributed by atoms with Gasteiger partial charge in [-0.3, -0.25) is 10.6 Å². The molecule has 1 rings (SSSR count). The van der Waals surface area contributed by atoms with E-state index in [2.05, 4.69) is 5.32 Å². The first-order valence-corrected chi connectivity index (χ1v) is 6.66. The predicted molar refractivity (Wildman–Crippen MR) is 66.4 cm³/mol. The zero-order valence-electron chi connectivity index (χ0n) is 10.1. The minimum absolute atomic E-state index is 0.0581. The molecule has 0 heterocycles. The second-order valence-electron chi connectivity index (χ2n) is 3.39. The summed E-state index contributed by atoms with van der Waals surface area (Å²) in [6.07, 6.45) is 0. The lowest BCUT2D eigenvalue weighted by atomic mass is 10.3. The van der Waals surface area contributed by atoms with Crippen molar-refractivity contribution in [3.8, 4) is 5.75 Å². The Bertz CT molecular complexity index is 542. The van der Waals surface area contributed by atoms with Crippen LogP contribution in [0, 0.1) is 0 Å². The fourth-order valence-corrected chi connectivity index (χ4v) is 1.97. The summed E-state index contributed by atoms with van der Waals surface area (Å²) in [5, 5.41) is 2.50. The average molecular weight is 273 g/mol. The minimum Gasteiger partial charge on any atom is -0.492 e. The summed E-state index contributed by atoms with van der Waals surface area (Å²) in [6, 6.07) is 4.08. The first kappa shape index (κ1) is 14.4. The maximum Gasteiger partial charge on any atom is 0.253 e. The highest BCUT2D eigenvalue weighted by Gasteiger charge is 2.15. The topological polar surface area (TPSA) is 111 Å². The smallest absolute Gasteiger partial charge is 0.253 e. The fourth-order valence-electron chi connectivity index (χ4n) is 1.31. The van der Waals surface area contributed by atoms with Crippen molar-refractivity contribution in [3.05, 3.63) is 18.2 Å². The van der Waals surface area contributed by atoms with Gasteiger partial charge >= 0.3 is 0 Å². The van der Waals surface area contributed by atoms with Crippen LogP contribution in [0.1, 0.15) is 13.8 Å². The molecule has 0 saturated heterocycles. The van der Waals surface area contributed by atoms with E-state index in [1.54, 1.807) is 11.8 Å². The summed E-state index contributed by atoms with van der Waals surface area (Å²) in [5.74, 6) is 4.99. The largest absolute Gasteiger partial charge is 0.492 e.